The van der Waals surface area contributed by atoms with Gasteiger partial charge in [-0.05, 0) is 20.8 Å². The normalized spacial score (nSPS) is 11.6. The Bertz CT molecular complexity index is 254. The van der Waals surface area contributed by atoms with Gasteiger partial charge in [0.15, 0.2) is 0 Å². The first-order valence-corrected chi connectivity index (χ1v) is 7.18. The molecule has 0 aromatic rings. The summed E-state index contributed by atoms with van der Waals surface area (Å²) in [6.07, 6.45) is 0. The third-order valence-electron chi connectivity index (χ3n) is 2.10. The fourth-order valence-corrected chi connectivity index (χ4v) is 1.34. The van der Waals surface area contributed by atoms with Gasteiger partial charge in [-0.1, -0.05) is 0 Å². The van der Waals surface area contributed by atoms with E-state index >= 15 is 0 Å². The van der Waals surface area contributed by atoms with Gasteiger partial charge >= 0.3 is 0 Å². The number of hydrogen-bond acceptors (Lipinski definition) is 6. The van der Waals surface area contributed by atoms with Crippen molar-refractivity contribution in [2.45, 2.75) is 26.3 Å². The first-order valence-electron chi connectivity index (χ1n) is 7.18. The van der Waals surface area contributed by atoms with Crippen LogP contribution < -0.4 is 5.32 Å². The van der Waals surface area contributed by atoms with Crippen LogP contribution in [0.4, 0.5) is 0 Å². The van der Waals surface area contributed by atoms with Crippen LogP contribution in [0.15, 0.2) is 0 Å². The number of carbonyl (C=O) groups is 1. The predicted octanol–water partition coefficient (Wildman–Crippen LogP) is -0.0402. The van der Waals surface area contributed by atoms with E-state index in [0.717, 1.165) is 0 Å². The lowest BCUT2D eigenvalue weighted by atomic mass is 10.1. The summed E-state index contributed by atoms with van der Waals surface area (Å²) in [5.41, 5.74) is -0.241. The zero-order valence-corrected chi connectivity index (χ0v) is 13.4. The molecular weight excluding hydrogens is 278 g/mol. The molecule has 2 N–H and O–H groups in total. The number of carbonyl (C=O) groups excluding carboxylic acids is 1. The lowest BCUT2D eigenvalue weighted by Crippen LogP contribution is -2.42. The molecule has 0 spiro atoms. The topological polar surface area (TPSA) is 86.3 Å². The third kappa shape index (κ3) is 17.2. The Hall–Kier alpha value is -0.730. The number of ether oxygens (including phenoxy) is 4. The zero-order chi connectivity index (χ0) is 16.0. The molecule has 7 heteroatoms. The SMILES string of the molecule is CC(C)(C)NC(=O)COCCOCCOCCOCCO. The summed E-state index contributed by atoms with van der Waals surface area (Å²) in [6.45, 7) is 8.85. The second kappa shape index (κ2) is 13.0. The van der Waals surface area contributed by atoms with Crippen LogP contribution in [0.3, 0.4) is 0 Å². The summed E-state index contributed by atoms with van der Waals surface area (Å²) in [4.78, 5) is 11.4. The minimum atomic E-state index is -0.241. The van der Waals surface area contributed by atoms with Crippen molar-refractivity contribution in [2.24, 2.45) is 0 Å². The molecule has 0 heterocycles. The van der Waals surface area contributed by atoms with Crippen LogP contribution in [0.1, 0.15) is 20.8 Å². The van der Waals surface area contributed by atoms with Gasteiger partial charge in [0.25, 0.3) is 0 Å². The molecule has 0 saturated heterocycles. The lowest BCUT2D eigenvalue weighted by Gasteiger charge is -2.20. The molecule has 0 radical (unpaired) electrons. The Morgan fingerprint density at radius 1 is 0.857 bits per heavy atom. The predicted molar refractivity (Wildman–Crippen MR) is 78.3 cm³/mol. The number of rotatable bonds is 13. The van der Waals surface area contributed by atoms with Gasteiger partial charge in [0.2, 0.25) is 5.91 Å². The third-order valence-corrected chi connectivity index (χ3v) is 2.10. The van der Waals surface area contributed by atoms with Gasteiger partial charge in [0.1, 0.15) is 6.61 Å². The highest BCUT2D eigenvalue weighted by atomic mass is 16.6. The molecule has 0 rings (SSSR count). The van der Waals surface area contributed by atoms with Crippen molar-refractivity contribution in [3.05, 3.63) is 0 Å². The summed E-state index contributed by atoms with van der Waals surface area (Å²) in [6, 6.07) is 0. The molecule has 0 aromatic carbocycles. The Balaban J connectivity index is 3.17. The van der Waals surface area contributed by atoms with Gasteiger partial charge in [0, 0.05) is 5.54 Å². The van der Waals surface area contributed by atoms with Gasteiger partial charge in [0.05, 0.1) is 52.9 Å². The monoisotopic (exact) mass is 307 g/mol. The molecule has 0 fully saturated rings. The summed E-state index contributed by atoms with van der Waals surface area (Å²) in [5, 5.41) is 11.3. The van der Waals surface area contributed by atoms with E-state index < -0.39 is 0 Å². The van der Waals surface area contributed by atoms with Crippen molar-refractivity contribution in [3.63, 3.8) is 0 Å². The molecule has 0 aliphatic heterocycles. The average molecular weight is 307 g/mol. The number of nitrogens with one attached hydrogen (secondary N) is 1. The van der Waals surface area contributed by atoms with Crippen molar-refractivity contribution >= 4 is 5.91 Å². The highest BCUT2D eigenvalue weighted by Crippen LogP contribution is 1.97. The van der Waals surface area contributed by atoms with Gasteiger partial charge in [-0.15, -0.1) is 0 Å². The lowest BCUT2D eigenvalue weighted by molar-refractivity contribution is -0.127. The minimum Gasteiger partial charge on any atom is -0.394 e. The van der Waals surface area contributed by atoms with Gasteiger partial charge in [-0.25, -0.2) is 0 Å². The highest BCUT2D eigenvalue weighted by Gasteiger charge is 2.13. The van der Waals surface area contributed by atoms with E-state index in [2.05, 4.69) is 5.32 Å². The minimum absolute atomic E-state index is 0.0247. The van der Waals surface area contributed by atoms with Crippen LogP contribution in [0.25, 0.3) is 0 Å². The molecule has 7 nitrogen and oxygen atoms in total. The smallest absolute Gasteiger partial charge is 0.246 e. The molecular formula is C14H29NO6. The fraction of sp³-hybridized carbons (Fsp3) is 0.929. The fourth-order valence-electron chi connectivity index (χ4n) is 1.34. The van der Waals surface area contributed by atoms with Crippen molar-refractivity contribution in [2.75, 3.05) is 59.5 Å². The summed E-state index contributed by atoms with van der Waals surface area (Å²) >= 11 is 0. The summed E-state index contributed by atoms with van der Waals surface area (Å²) in [5.74, 6) is -0.131. The van der Waals surface area contributed by atoms with Crippen molar-refractivity contribution < 1.29 is 28.8 Å². The zero-order valence-electron chi connectivity index (χ0n) is 13.4. The van der Waals surface area contributed by atoms with Crippen molar-refractivity contribution in [1.29, 1.82) is 0 Å². The van der Waals surface area contributed by atoms with Crippen LogP contribution in [0, 0.1) is 0 Å². The van der Waals surface area contributed by atoms with Crippen LogP contribution >= 0.6 is 0 Å². The number of aliphatic hydroxyl groups is 1. The Labute approximate surface area is 126 Å². The van der Waals surface area contributed by atoms with E-state index in [4.69, 9.17) is 24.1 Å². The molecule has 0 saturated carbocycles. The van der Waals surface area contributed by atoms with Gasteiger partial charge in [-0.2, -0.15) is 0 Å². The number of amides is 1. The first-order chi connectivity index (χ1) is 9.95. The van der Waals surface area contributed by atoms with E-state index in [1.54, 1.807) is 0 Å². The molecule has 0 bridgehead atoms. The Kier molecular flexibility index (Phi) is 12.5. The molecule has 0 unspecified atom stereocenters. The van der Waals surface area contributed by atoms with Crippen LogP contribution in [-0.2, 0) is 23.7 Å². The standard InChI is InChI=1S/C14H29NO6/c1-14(2,3)15-13(17)12-21-11-10-20-9-8-19-7-6-18-5-4-16/h16H,4-12H2,1-3H3,(H,15,17). The molecule has 21 heavy (non-hydrogen) atoms. The van der Waals surface area contributed by atoms with Crippen LogP contribution in [0.5, 0.6) is 0 Å². The molecule has 0 aliphatic rings. The van der Waals surface area contributed by atoms with Gasteiger partial charge in [-0.3, -0.25) is 4.79 Å². The van der Waals surface area contributed by atoms with E-state index in [1.807, 2.05) is 20.8 Å². The molecule has 0 atom stereocenters. The molecule has 0 aromatic heterocycles. The maximum Gasteiger partial charge on any atom is 0.246 e. The van der Waals surface area contributed by atoms with Crippen LogP contribution in [-0.4, -0.2) is 76.0 Å². The Morgan fingerprint density at radius 2 is 1.29 bits per heavy atom. The Morgan fingerprint density at radius 3 is 1.71 bits per heavy atom. The van der Waals surface area contributed by atoms with Gasteiger partial charge < -0.3 is 29.4 Å². The summed E-state index contributed by atoms with van der Waals surface area (Å²) < 4.78 is 20.7. The van der Waals surface area contributed by atoms with Crippen molar-refractivity contribution in [1.82, 2.24) is 5.32 Å². The average Bonchev–Trinajstić information content (AvgIpc) is 2.38. The summed E-state index contributed by atoms with van der Waals surface area (Å²) in [7, 11) is 0. The largest absolute Gasteiger partial charge is 0.394 e. The highest BCUT2D eigenvalue weighted by molar-refractivity contribution is 5.77. The maximum atomic E-state index is 11.4. The van der Waals surface area contributed by atoms with Crippen molar-refractivity contribution in [3.8, 4) is 0 Å². The molecule has 0 aliphatic carbocycles. The van der Waals surface area contributed by atoms with E-state index in [1.165, 1.54) is 0 Å². The van der Waals surface area contributed by atoms with E-state index in [9.17, 15) is 4.79 Å². The van der Waals surface area contributed by atoms with E-state index in [-0.39, 0.29) is 24.7 Å². The number of aliphatic hydroxyl groups excluding tert-OH is 1. The molecule has 1 amide bonds. The maximum absolute atomic E-state index is 11.4. The second-order valence-electron chi connectivity index (χ2n) is 5.41. The molecule has 126 valence electrons. The first kappa shape index (κ1) is 20.3. The second-order valence-corrected chi connectivity index (χ2v) is 5.41. The van der Waals surface area contributed by atoms with Crippen LogP contribution in [0.2, 0.25) is 0 Å². The van der Waals surface area contributed by atoms with E-state index in [0.29, 0.717) is 46.2 Å². The number of hydrogen-bond donors (Lipinski definition) is 2. The quantitative estimate of drug-likeness (QED) is 0.464.